The second-order valence-corrected chi connectivity index (χ2v) is 5.83. The Kier molecular flexibility index (Phi) is 4.20. The minimum Gasteiger partial charge on any atom is -0.349 e. The fraction of sp³-hybridized carbons (Fsp3) is 0.500. The van der Waals surface area contributed by atoms with Crippen molar-refractivity contribution in [2.24, 2.45) is 5.92 Å². The van der Waals surface area contributed by atoms with Gasteiger partial charge in [-0.1, -0.05) is 12.1 Å². The van der Waals surface area contributed by atoms with Crippen LogP contribution in [0.15, 0.2) is 24.3 Å². The number of piperidine rings is 1. The highest BCUT2D eigenvalue weighted by Crippen LogP contribution is 2.22. The Morgan fingerprint density at radius 1 is 1.14 bits per heavy atom. The van der Waals surface area contributed by atoms with E-state index in [-0.39, 0.29) is 17.7 Å². The highest BCUT2D eigenvalue weighted by atomic mass is 16.2. The summed E-state index contributed by atoms with van der Waals surface area (Å²) >= 11 is 0. The van der Waals surface area contributed by atoms with Gasteiger partial charge in [-0.15, -0.1) is 0 Å². The first-order valence-electron chi connectivity index (χ1n) is 7.65. The van der Waals surface area contributed by atoms with Crippen LogP contribution in [0, 0.1) is 5.92 Å². The largest absolute Gasteiger partial charge is 0.349 e. The molecule has 5 nitrogen and oxygen atoms in total. The molecule has 2 amide bonds. The Bertz CT molecular complexity index is 534. The molecule has 112 valence electrons. The van der Waals surface area contributed by atoms with Gasteiger partial charge in [0.2, 0.25) is 5.91 Å². The third-order valence-electron chi connectivity index (χ3n) is 4.01. The van der Waals surface area contributed by atoms with Gasteiger partial charge < -0.3 is 16.0 Å². The Morgan fingerprint density at radius 2 is 1.95 bits per heavy atom. The fourth-order valence-corrected chi connectivity index (χ4v) is 2.59. The smallest absolute Gasteiger partial charge is 0.253 e. The molecule has 0 unspecified atom stereocenters. The summed E-state index contributed by atoms with van der Waals surface area (Å²) in [7, 11) is 0. The first kappa shape index (κ1) is 14.1. The van der Waals surface area contributed by atoms with Crippen molar-refractivity contribution in [3.63, 3.8) is 0 Å². The highest BCUT2D eigenvalue weighted by Gasteiger charge is 2.26. The van der Waals surface area contributed by atoms with Crippen molar-refractivity contribution in [1.82, 2.24) is 10.6 Å². The van der Waals surface area contributed by atoms with E-state index in [9.17, 15) is 9.59 Å². The zero-order valence-electron chi connectivity index (χ0n) is 12.0. The van der Waals surface area contributed by atoms with Gasteiger partial charge in [0.25, 0.3) is 5.91 Å². The Hall–Kier alpha value is -1.88. The first-order valence-corrected chi connectivity index (χ1v) is 7.65. The van der Waals surface area contributed by atoms with Crippen LogP contribution in [0.3, 0.4) is 0 Å². The lowest BCUT2D eigenvalue weighted by Gasteiger charge is -2.22. The molecule has 3 rings (SSSR count). The minimum absolute atomic E-state index is 0.00567. The van der Waals surface area contributed by atoms with E-state index in [1.807, 2.05) is 12.1 Å². The van der Waals surface area contributed by atoms with E-state index < -0.39 is 0 Å². The molecule has 1 aromatic carbocycles. The summed E-state index contributed by atoms with van der Waals surface area (Å²) in [6.07, 6.45) is 4.01. The van der Waals surface area contributed by atoms with Gasteiger partial charge in [0.1, 0.15) is 0 Å². The van der Waals surface area contributed by atoms with E-state index in [2.05, 4.69) is 16.0 Å². The molecule has 3 N–H and O–H groups in total. The summed E-state index contributed by atoms with van der Waals surface area (Å²) in [6, 6.07) is 7.51. The zero-order chi connectivity index (χ0) is 14.7. The van der Waals surface area contributed by atoms with Crippen LogP contribution in [0.25, 0.3) is 0 Å². The van der Waals surface area contributed by atoms with Crippen LogP contribution >= 0.6 is 0 Å². The molecule has 0 bridgehead atoms. The third-order valence-corrected chi connectivity index (χ3v) is 4.01. The molecule has 1 atom stereocenters. The molecule has 1 aliphatic carbocycles. The standard InChI is InChI=1S/C16H21N3O2/c20-15(11-4-3-9-17-10-11)19-14-6-2-1-5-13(14)16(21)18-12-7-8-12/h1-2,5-6,11-12,17H,3-4,7-10H2,(H,18,21)(H,19,20)/t11-/m0/s1. The normalized spacial score (nSPS) is 21.6. The third kappa shape index (κ3) is 3.61. The number of anilines is 1. The number of para-hydroxylation sites is 1. The van der Waals surface area contributed by atoms with E-state index in [0.717, 1.165) is 32.2 Å². The lowest BCUT2D eigenvalue weighted by atomic mass is 9.98. The van der Waals surface area contributed by atoms with E-state index in [1.54, 1.807) is 12.1 Å². The van der Waals surface area contributed by atoms with Gasteiger partial charge in [-0.2, -0.15) is 0 Å². The van der Waals surface area contributed by atoms with Crippen LogP contribution in [0.2, 0.25) is 0 Å². The van der Waals surface area contributed by atoms with Crippen LogP contribution < -0.4 is 16.0 Å². The molecule has 2 fully saturated rings. The van der Waals surface area contributed by atoms with Crippen molar-refractivity contribution in [3.05, 3.63) is 29.8 Å². The zero-order valence-corrected chi connectivity index (χ0v) is 12.0. The van der Waals surface area contributed by atoms with Crippen molar-refractivity contribution in [2.75, 3.05) is 18.4 Å². The van der Waals surface area contributed by atoms with Gasteiger partial charge in [0.05, 0.1) is 17.2 Å². The SMILES string of the molecule is O=C(NC1CC1)c1ccccc1NC(=O)[C@H]1CCCNC1. The van der Waals surface area contributed by atoms with Crippen LogP contribution in [0.1, 0.15) is 36.0 Å². The van der Waals surface area contributed by atoms with Crippen molar-refractivity contribution in [3.8, 4) is 0 Å². The van der Waals surface area contributed by atoms with Crippen molar-refractivity contribution < 1.29 is 9.59 Å². The minimum atomic E-state index is -0.102. The number of rotatable bonds is 4. The number of hydrogen-bond donors (Lipinski definition) is 3. The van der Waals surface area contributed by atoms with Gasteiger partial charge in [-0.05, 0) is 44.4 Å². The summed E-state index contributed by atoms with van der Waals surface area (Å²) in [6.45, 7) is 1.69. The predicted molar refractivity (Wildman–Crippen MR) is 81.2 cm³/mol. The topological polar surface area (TPSA) is 70.2 Å². The van der Waals surface area contributed by atoms with E-state index in [1.165, 1.54) is 0 Å². The van der Waals surface area contributed by atoms with Crippen molar-refractivity contribution in [1.29, 1.82) is 0 Å². The summed E-state index contributed by atoms with van der Waals surface area (Å²) in [5, 5.41) is 9.11. The number of amides is 2. The van der Waals surface area contributed by atoms with Gasteiger partial charge >= 0.3 is 0 Å². The van der Waals surface area contributed by atoms with Crippen LogP contribution in [0.5, 0.6) is 0 Å². The summed E-state index contributed by atoms with van der Waals surface area (Å²) in [5.41, 5.74) is 1.15. The fourth-order valence-electron chi connectivity index (χ4n) is 2.59. The first-order chi connectivity index (χ1) is 10.2. The summed E-state index contributed by atoms with van der Waals surface area (Å²) in [4.78, 5) is 24.5. The number of nitrogens with one attached hydrogen (secondary N) is 3. The molecule has 1 heterocycles. The Labute approximate surface area is 124 Å². The summed E-state index contributed by atoms with van der Waals surface area (Å²) < 4.78 is 0. The maximum Gasteiger partial charge on any atom is 0.253 e. The Balaban J connectivity index is 1.68. The molecule has 0 spiro atoms. The van der Waals surface area contributed by atoms with Crippen LogP contribution in [-0.4, -0.2) is 30.9 Å². The molecule has 1 aromatic rings. The lowest BCUT2D eigenvalue weighted by Crippen LogP contribution is -2.37. The van der Waals surface area contributed by atoms with Gasteiger partial charge in [0.15, 0.2) is 0 Å². The molecule has 2 aliphatic rings. The van der Waals surface area contributed by atoms with Gasteiger partial charge in [0, 0.05) is 12.6 Å². The second kappa shape index (κ2) is 6.26. The average Bonchev–Trinajstić information content (AvgIpc) is 3.32. The molecular weight excluding hydrogens is 266 g/mol. The molecule has 21 heavy (non-hydrogen) atoms. The molecule has 0 aromatic heterocycles. The van der Waals surface area contributed by atoms with Gasteiger partial charge in [-0.25, -0.2) is 0 Å². The van der Waals surface area contributed by atoms with E-state index in [0.29, 0.717) is 23.8 Å². The van der Waals surface area contributed by atoms with Crippen LogP contribution in [0.4, 0.5) is 5.69 Å². The molecular formula is C16H21N3O2. The predicted octanol–water partition coefficient (Wildman–Crippen LogP) is 1.52. The van der Waals surface area contributed by atoms with E-state index >= 15 is 0 Å². The number of benzene rings is 1. The van der Waals surface area contributed by atoms with Crippen molar-refractivity contribution >= 4 is 17.5 Å². The second-order valence-electron chi connectivity index (χ2n) is 5.83. The average molecular weight is 287 g/mol. The maximum atomic E-state index is 12.3. The number of hydrogen-bond acceptors (Lipinski definition) is 3. The van der Waals surface area contributed by atoms with Crippen LogP contribution in [-0.2, 0) is 4.79 Å². The quantitative estimate of drug-likeness (QED) is 0.786. The Morgan fingerprint density at radius 3 is 2.67 bits per heavy atom. The highest BCUT2D eigenvalue weighted by molar-refractivity contribution is 6.04. The maximum absolute atomic E-state index is 12.3. The van der Waals surface area contributed by atoms with Gasteiger partial charge in [-0.3, -0.25) is 9.59 Å². The van der Waals surface area contributed by atoms with E-state index in [4.69, 9.17) is 0 Å². The molecule has 1 aliphatic heterocycles. The number of carbonyl (C=O) groups is 2. The molecule has 0 radical (unpaired) electrons. The monoisotopic (exact) mass is 287 g/mol. The summed E-state index contributed by atoms with van der Waals surface area (Å²) in [5.74, 6) is -0.123. The lowest BCUT2D eigenvalue weighted by molar-refractivity contribution is -0.120. The van der Waals surface area contributed by atoms with Crippen molar-refractivity contribution in [2.45, 2.75) is 31.7 Å². The number of carbonyl (C=O) groups excluding carboxylic acids is 2. The molecule has 1 saturated carbocycles. The molecule has 5 heteroatoms. The molecule has 1 saturated heterocycles.